The number of halogens is 6. The van der Waals surface area contributed by atoms with Crippen molar-refractivity contribution in [3.63, 3.8) is 0 Å². The Morgan fingerprint density at radius 3 is 2.16 bits per heavy atom. The second-order valence-corrected chi connectivity index (χ2v) is 6.88. The number of amides is 1. The number of rotatable bonds is 5. The number of H-pyrrole nitrogens is 1. The summed E-state index contributed by atoms with van der Waals surface area (Å²) in [5.74, 6) is -5.53. The lowest BCUT2D eigenvalue weighted by Crippen LogP contribution is -2.25. The van der Waals surface area contributed by atoms with E-state index in [0.29, 0.717) is 11.3 Å². The number of aliphatic carboxylic acids is 2. The van der Waals surface area contributed by atoms with Crippen LogP contribution in [-0.4, -0.2) is 68.2 Å². The van der Waals surface area contributed by atoms with Gasteiger partial charge in [0.05, 0.1) is 11.7 Å². The van der Waals surface area contributed by atoms with Crippen molar-refractivity contribution in [2.75, 3.05) is 11.9 Å². The molecule has 6 N–H and O–H groups in total. The average Bonchev–Trinajstić information content (AvgIpc) is 3.25. The third kappa shape index (κ3) is 10.8. The molecule has 0 aliphatic rings. The van der Waals surface area contributed by atoms with Crippen molar-refractivity contribution in [1.82, 2.24) is 15.2 Å². The Morgan fingerprint density at radius 2 is 1.65 bits per heavy atom. The highest BCUT2D eigenvalue weighted by molar-refractivity contribution is 6.06. The van der Waals surface area contributed by atoms with Crippen LogP contribution in [0, 0.1) is 0 Å². The van der Waals surface area contributed by atoms with Crippen molar-refractivity contribution >= 4 is 34.4 Å². The molecule has 0 aliphatic carbocycles. The molecule has 2 heterocycles. The van der Waals surface area contributed by atoms with Crippen LogP contribution in [0.2, 0.25) is 0 Å². The van der Waals surface area contributed by atoms with Gasteiger partial charge in [0, 0.05) is 23.3 Å². The number of aromatic nitrogens is 3. The van der Waals surface area contributed by atoms with Crippen LogP contribution in [0.15, 0.2) is 42.7 Å². The van der Waals surface area contributed by atoms with Crippen molar-refractivity contribution in [3.05, 3.63) is 48.3 Å². The highest BCUT2D eigenvalue weighted by Gasteiger charge is 2.38. The minimum atomic E-state index is -5.08. The molecular formula is C20H19F6N5O6. The summed E-state index contributed by atoms with van der Waals surface area (Å²) in [5, 5.41) is 24.8. The van der Waals surface area contributed by atoms with E-state index in [-0.39, 0.29) is 24.4 Å². The monoisotopic (exact) mass is 539 g/mol. The third-order valence-corrected chi connectivity index (χ3v) is 3.68. The number of carboxylic acid groups (broad SMARTS) is 2. The number of hydrogen-bond acceptors (Lipinski definition) is 7. The maximum Gasteiger partial charge on any atom is 0.490 e. The summed E-state index contributed by atoms with van der Waals surface area (Å²) in [7, 11) is 0. The van der Waals surface area contributed by atoms with Gasteiger partial charge in [0.1, 0.15) is 12.2 Å². The standard InChI is InChI=1S/C16H17N5O2.2C2HF3O2/c1-10(17)9-23-16-13(3-2-6-18-16)15(22)20-12-4-5-14-11(7-12)8-19-21-14;2*3-2(4,5)1(6)7/h2-8,10H,9,17H2,1H3,(H,19,21)(H,20,22);2*(H,6,7)/t10-;;/m1../s1. The lowest BCUT2D eigenvalue weighted by Gasteiger charge is -2.12. The zero-order valence-electron chi connectivity index (χ0n) is 18.6. The average molecular weight is 539 g/mol. The van der Waals surface area contributed by atoms with Crippen molar-refractivity contribution in [1.29, 1.82) is 0 Å². The molecule has 0 saturated carbocycles. The van der Waals surface area contributed by atoms with Gasteiger partial charge >= 0.3 is 24.3 Å². The Balaban J connectivity index is 0.000000404. The van der Waals surface area contributed by atoms with Gasteiger partial charge in [-0.3, -0.25) is 9.89 Å². The van der Waals surface area contributed by atoms with Gasteiger partial charge in [-0.15, -0.1) is 0 Å². The summed E-state index contributed by atoms with van der Waals surface area (Å²) in [5.41, 5.74) is 7.61. The zero-order valence-corrected chi connectivity index (χ0v) is 18.6. The second-order valence-electron chi connectivity index (χ2n) is 6.88. The zero-order chi connectivity index (χ0) is 28.4. The van der Waals surface area contributed by atoms with Crippen LogP contribution in [0.25, 0.3) is 10.9 Å². The fourth-order valence-corrected chi connectivity index (χ4v) is 2.11. The molecule has 37 heavy (non-hydrogen) atoms. The topological polar surface area (TPSA) is 181 Å². The number of benzene rings is 1. The molecule has 0 saturated heterocycles. The van der Waals surface area contributed by atoms with E-state index in [1.165, 1.54) is 0 Å². The van der Waals surface area contributed by atoms with Gasteiger partial charge in [0.15, 0.2) is 0 Å². The number of nitrogens with zero attached hydrogens (tertiary/aromatic N) is 2. The van der Waals surface area contributed by atoms with Gasteiger partial charge < -0.3 is 26.0 Å². The maximum atomic E-state index is 12.5. The lowest BCUT2D eigenvalue weighted by molar-refractivity contribution is -0.193. The van der Waals surface area contributed by atoms with E-state index in [4.69, 9.17) is 30.3 Å². The minimum absolute atomic E-state index is 0.142. The minimum Gasteiger partial charge on any atom is -0.475 e. The number of carboxylic acids is 2. The smallest absolute Gasteiger partial charge is 0.475 e. The Hall–Kier alpha value is -4.41. The molecule has 2 aromatic heterocycles. The molecule has 0 aliphatic heterocycles. The molecule has 202 valence electrons. The number of nitrogens with one attached hydrogen (secondary N) is 2. The molecule has 0 fully saturated rings. The van der Waals surface area contributed by atoms with Crippen LogP contribution < -0.4 is 15.8 Å². The van der Waals surface area contributed by atoms with Crippen LogP contribution in [-0.2, 0) is 9.59 Å². The number of aromatic amines is 1. The maximum absolute atomic E-state index is 12.5. The fraction of sp³-hybridized carbons (Fsp3) is 0.250. The van der Waals surface area contributed by atoms with Crippen molar-refractivity contribution < 1.29 is 55.7 Å². The quantitative estimate of drug-likeness (QED) is 0.304. The summed E-state index contributed by atoms with van der Waals surface area (Å²) in [6.07, 6.45) is -6.89. The summed E-state index contributed by atoms with van der Waals surface area (Å²) in [6.45, 7) is 2.11. The highest BCUT2D eigenvalue weighted by atomic mass is 19.4. The Morgan fingerprint density at radius 1 is 1.08 bits per heavy atom. The largest absolute Gasteiger partial charge is 0.490 e. The Bertz CT molecular complexity index is 1190. The van der Waals surface area contributed by atoms with E-state index in [1.807, 2.05) is 19.1 Å². The number of hydrogen-bond donors (Lipinski definition) is 5. The SMILES string of the molecule is C[C@@H](N)COc1ncccc1C(=O)Nc1ccc2[nH]ncc2c1.O=C(O)C(F)(F)F.O=C(O)C(F)(F)F. The van der Waals surface area contributed by atoms with Gasteiger partial charge in [0.2, 0.25) is 5.88 Å². The number of fused-ring (bicyclic) bond motifs is 1. The third-order valence-electron chi connectivity index (χ3n) is 3.68. The first-order chi connectivity index (χ1) is 17.0. The molecule has 3 aromatic rings. The Labute approximate surface area is 203 Å². The molecule has 3 rings (SSSR count). The summed E-state index contributed by atoms with van der Waals surface area (Å²) >= 11 is 0. The van der Waals surface area contributed by atoms with Crippen LogP contribution >= 0.6 is 0 Å². The summed E-state index contributed by atoms with van der Waals surface area (Å²) in [4.78, 5) is 34.4. The van der Waals surface area contributed by atoms with Gasteiger partial charge in [-0.2, -0.15) is 31.4 Å². The molecule has 0 radical (unpaired) electrons. The Kier molecular flexibility index (Phi) is 10.8. The van der Waals surface area contributed by atoms with E-state index < -0.39 is 24.3 Å². The summed E-state index contributed by atoms with van der Waals surface area (Å²) < 4.78 is 69.0. The van der Waals surface area contributed by atoms with Gasteiger partial charge in [-0.25, -0.2) is 14.6 Å². The predicted octanol–water partition coefficient (Wildman–Crippen LogP) is 3.20. The first-order valence-corrected chi connectivity index (χ1v) is 9.70. The molecule has 0 spiro atoms. The van der Waals surface area contributed by atoms with Crippen molar-refractivity contribution in [2.24, 2.45) is 5.73 Å². The number of anilines is 1. The predicted molar refractivity (Wildman–Crippen MR) is 115 cm³/mol. The first kappa shape index (κ1) is 30.6. The normalized spacial score (nSPS) is 11.8. The van der Waals surface area contributed by atoms with Gasteiger partial charge in [0.25, 0.3) is 5.91 Å². The number of carbonyl (C=O) groups is 3. The lowest BCUT2D eigenvalue weighted by atomic mass is 10.2. The molecule has 0 unspecified atom stereocenters. The van der Waals surface area contributed by atoms with E-state index in [9.17, 15) is 31.1 Å². The number of carbonyl (C=O) groups excluding carboxylic acids is 1. The summed E-state index contributed by atoms with van der Waals surface area (Å²) in [6, 6.07) is 8.71. The van der Waals surface area contributed by atoms with Crippen LogP contribution in [0.1, 0.15) is 17.3 Å². The van der Waals surface area contributed by atoms with E-state index >= 15 is 0 Å². The van der Waals surface area contributed by atoms with Crippen molar-refractivity contribution in [3.8, 4) is 5.88 Å². The van der Waals surface area contributed by atoms with Crippen LogP contribution in [0.3, 0.4) is 0 Å². The molecule has 1 amide bonds. The molecule has 1 aromatic carbocycles. The fourth-order valence-electron chi connectivity index (χ4n) is 2.11. The van der Waals surface area contributed by atoms with E-state index in [2.05, 4.69) is 20.5 Å². The highest BCUT2D eigenvalue weighted by Crippen LogP contribution is 2.20. The van der Waals surface area contributed by atoms with Gasteiger partial charge in [-0.05, 0) is 37.3 Å². The first-order valence-electron chi connectivity index (χ1n) is 9.70. The van der Waals surface area contributed by atoms with Crippen molar-refractivity contribution in [2.45, 2.75) is 25.3 Å². The van der Waals surface area contributed by atoms with E-state index in [0.717, 1.165) is 10.9 Å². The number of pyridine rings is 1. The van der Waals surface area contributed by atoms with E-state index in [1.54, 1.807) is 30.6 Å². The molecular weight excluding hydrogens is 520 g/mol. The molecule has 17 heteroatoms. The molecule has 0 bridgehead atoms. The van der Waals surface area contributed by atoms with Crippen LogP contribution in [0.4, 0.5) is 32.0 Å². The second kappa shape index (κ2) is 13.1. The molecule has 1 atom stereocenters. The van der Waals surface area contributed by atoms with Gasteiger partial charge in [-0.1, -0.05) is 0 Å². The van der Waals surface area contributed by atoms with Crippen LogP contribution in [0.5, 0.6) is 5.88 Å². The molecule has 11 nitrogen and oxygen atoms in total. The number of nitrogens with two attached hydrogens (primary N) is 1. The number of alkyl halides is 6. The number of ether oxygens (including phenoxy) is 1.